The van der Waals surface area contributed by atoms with Crippen molar-refractivity contribution >= 4 is 23.2 Å². The van der Waals surface area contributed by atoms with Gasteiger partial charge in [-0.15, -0.1) is 11.3 Å². The lowest BCUT2D eigenvalue weighted by atomic mass is 9.88. The number of nitrogens with one attached hydrogen (secondary N) is 1. The maximum absolute atomic E-state index is 13.1. The Morgan fingerprint density at radius 3 is 2.44 bits per heavy atom. The van der Waals surface area contributed by atoms with Gasteiger partial charge in [-0.1, -0.05) is 39.2 Å². The molecule has 1 aromatic rings. The molecule has 0 spiro atoms. The number of carbonyl (C=O) groups excluding carboxylic acids is 2. The molecule has 1 aromatic heterocycles. The Balaban J connectivity index is 1.51. The normalized spacial score (nSPS) is 20.6. The van der Waals surface area contributed by atoms with Gasteiger partial charge in [0.25, 0.3) is 0 Å². The highest BCUT2D eigenvalue weighted by Crippen LogP contribution is 2.24. The molecule has 0 unspecified atom stereocenters. The second kappa shape index (κ2) is 9.69. The molecular weight excluding hydrogens is 358 g/mol. The van der Waals surface area contributed by atoms with E-state index in [0.29, 0.717) is 0 Å². The van der Waals surface area contributed by atoms with E-state index < -0.39 is 6.04 Å². The van der Waals surface area contributed by atoms with Gasteiger partial charge >= 0.3 is 0 Å². The molecule has 27 heavy (non-hydrogen) atoms. The third kappa shape index (κ3) is 5.55. The van der Waals surface area contributed by atoms with Crippen molar-refractivity contribution in [1.29, 1.82) is 0 Å². The number of rotatable bonds is 6. The molecule has 1 aliphatic carbocycles. The van der Waals surface area contributed by atoms with E-state index in [-0.39, 0.29) is 23.7 Å². The van der Waals surface area contributed by atoms with E-state index in [1.54, 1.807) is 11.3 Å². The summed E-state index contributed by atoms with van der Waals surface area (Å²) in [6.45, 7) is 8.29. The van der Waals surface area contributed by atoms with E-state index in [0.717, 1.165) is 58.4 Å². The van der Waals surface area contributed by atoms with Crippen LogP contribution in [0.4, 0.5) is 0 Å². The highest BCUT2D eigenvalue weighted by Gasteiger charge is 2.32. The lowest BCUT2D eigenvalue weighted by molar-refractivity contribution is -0.140. The minimum atomic E-state index is -0.400. The summed E-state index contributed by atoms with van der Waals surface area (Å²) in [6, 6.07) is 3.85. The highest BCUT2D eigenvalue weighted by molar-refractivity contribution is 7.09. The van der Waals surface area contributed by atoms with Crippen LogP contribution < -0.4 is 5.32 Å². The van der Waals surface area contributed by atoms with Crippen molar-refractivity contribution in [3.05, 3.63) is 22.4 Å². The van der Waals surface area contributed by atoms with Crippen molar-refractivity contribution in [2.24, 2.45) is 11.8 Å². The largest absolute Gasteiger partial charge is 0.344 e. The van der Waals surface area contributed by atoms with Crippen LogP contribution in [0, 0.1) is 11.8 Å². The zero-order chi connectivity index (χ0) is 19.2. The highest BCUT2D eigenvalue weighted by atomic mass is 32.1. The average molecular weight is 392 g/mol. The smallest absolute Gasteiger partial charge is 0.245 e. The van der Waals surface area contributed by atoms with Gasteiger partial charge in [-0.25, -0.2) is 0 Å². The van der Waals surface area contributed by atoms with Gasteiger partial charge in [0, 0.05) is 43.5 Å². The number of hydrogen-bond acceptors (Lipinski definition) is 4. The topological polar surface area (TPSA) is 52.7 Å². The summed E-state index contributed by atoms with van der Waals surface area (Å²) in [5.41, 5.74) is 0. The molecule has 0 radical (unpaired) electrons. The minimum Gasteiger partial charge on any atom is -0.344 e. The fourth-order valence-corrected chi connectivity index (χ4v) is 4.84. The Bertz CT molecular complexity index is 603. The summed E-state index contributed by atoms with van der Waals surface area (Å²) < 4.78 is 0. The molecule has 2 heterocycles. The minimum absolute atomic E-state index is 0.0816. The first-order valence-corrected chi connectivity index (χ1v) is 11.3. The van der Waals surface area contributed by atoms with Gasteiger partial charge in [-0.05, 0) is 30.2 Å². The molecule has 1 N–H and O–H groups in total. The van der Waals surface area contributed by atoms with Crippen molar-refractivity contribution in [2.75, 3.05) is 26.2 Å². The van der Waals surface area contributed by atoms with Crippen LogP contribution in [0.25, 0.3) is 0 Å². The molecule has 150 valence electrons. The van der Waals surface area contributed by atoms with E-state index in [9.17, 15) is 9.59 Å². The molecule has 2 aliphatic rings. The Labute approximate surface area is 167 Å². The average Bonchev–Trinajstić information content (AvgIpc) is 3.19. The zero-order valence-electron chi connectivity index (χ0n) is 16.7. The van der Waals surface area contributed by atoms with Gasteiger partial charge in [0.2, 0.25) is 11.8 Å². The molecule has 6 heteroatoms. The number of piperazine rings is 1. The maximum Gasteiger partial charge on any atom is 0.245 e. The third-order valence-electron chi connectivity index (χ3n) is 5.85. The van der Waals surface area contributed by atoms with E-state index >= 15 is 0 Å². The molecular formula is C21H33N3O2S. The fourth-order valence-electron chi connectivity index (χ4n) is 4.10. The van der Waals surface area contributed by atoms with Gasteiger partial charge in [0.1, 0.15) is 6.04 Å². The van der Waals surface area contributed by atoms with E-state index in [2.05, 4.69) is 27.7 Å². The van der Waals surface area contributed by atoms with Crippen molar-refractivity contribution in [3.63, 3.8) is 0 Å². The van der Waals surface area contributed by atoms with Gasteiger partial charge in [0.05, 0.1) is 0 Å². The second-order valence-electron chi connectivity index (χ2n) is 8.25. The SMILES string of the molecule is CC(C)[C@H](NC(=O)C1CCCCC1)C(=O)N1CCN(Cc2cccs2)CC1. The van der Waals surface area contributed by atoms with Crippen LogP contribution >= 0.6 is 11.3 Å². The number of nitrogens with zero attached hydrogens (tertiary/aromatic N) is 2. The third-order valence-corrected chi connectivity index (χ3v) is 6.71. The molecule has 2 amide bonds. The van der Waals surface area contributed by atoms with Crippen molar-refractivity contribution in [1.82, 2.24) is 15.1 Å². The van der Waals surface area contributed by atoms with Gasteiger partial charge in [-0.3, -0.25) is 14.5 Å². The maximum atomic E-state index is 13.1. The Hall–Kier alpha value is -1.40. The Morgan fingerprint density at radius 1 is 1.15 bits per heavy atom. The number of amides is 2. The Kier molecular flexibility index (Phi) is 7.30. The second-order valence-corrected chi connectivity index (χ2v) is 9.28. The quantitative estimate of drug-likeness (QED) is 0.811. The molecule has 1 atom stereocenters. The first-order valence-electron chi connectivity index (χ1n) is 10.4. The number of thiophene rings is 1. The van der Waals surface area contributed by atoms with Crippen molar-refractivity contribution < 1.29 is 9.59 Å². The number of carbonyl (C=O) groups is 2. The molecule has 5 nitrogen and oxygen atoms in total. The van der Waals surface area contributed by atoms with Gasteiger partial charge in [0.15, 0.2) is 0 Å². The predicted molar refractivity (Wildman–Crippen MR) is 110 cm³/mol. The standard InChI is InChI=1S/C21H33N3O2S/c1-16(2)19(22-20(25)17-7-4-3-5-8-17)21(26)24-12-10-23(11-13-24)15-18-9-6-14-27-18/h6,9,14,16-17,19H,3-5,7-8,10-13,15H2,1-2H3,(H,22,25)/t19-/m0/s1. The lowest BCUT2D eigenvalue weighted by Crippen LogP contribution is -2.56. The van der Waals surface area contributed by atoms with Crippen LogP contribution in [0.3, 0.4) is 0 Å². The molecule has 1 saturated heterocycles. The van der Waals surface area contributed by atoms with Crippen LogP contribution in [0.15, 0.2) is 17.5 Å². The molecule has 3 rings (SSSR count). The zero-order valence-corrected chi connectivity index (χ0v) is 17.5. The van der Waals surface area contributed by atoms with Crippen molar-refractivity contribution in [2.45, 2.75) is 58.5 Å². The summed E-state index contributed by atoms with van der Waals surface area (Å²) in [5, 5.41) is 5.20. The summed E-state index contributed by atoms with van der Waals surface area (Å²) >= 11 is 1.78. The van der Waals surface area contributed by atoms with Crippen LogP contribution in [-0.4, -0.2) is 53.8 Å². The molecule has 0 bridgehead atoms. The van der Waals surface area contributed by atoms with Crippen LogP contribution in [0.1, 0.15) is 50.8 Å². The Morgan fingerprint density at radius 2 is 1.85 bits per heavy atom. The summed E-state index contributed by atoms with van der Waals surface area (Å²) in [6.07, 6.45) is 5.42. The van der Waals surface area contributed by atoms with Crippen LogP contribution in [0.2, 0.25) is 0 Å². The monoisotopic (exact) mass is 391 g/mol. The molecule has 2 fully saturated rings. The number of hydrogen-bond donors (Lipinski definition) is 1. The first-order chi connectivity index (χ1) is 13.0. The van der Waals surface area contributed by atoms with E-state index in [1.165, 1.54) is 11.3 Å². The van der Waals surface area contributed by atoms with Gasteiger partial charge in [-0.2, -0.15) is 0 Å². The molecule has 1 saturated carbocycles. The summed E-state index contributed by atoms with van der Waals surface area (Å²) in [4.78, 5) is 31.4. The van der Waals surface area contributed by atoms with E-state index in [1.807, 2.05) is 18.7 Å². The van der Waals surface area contributed by atoms with Crippen molar-refractivity contribution in [3.8, 4) is 0 Å². The lowest BCUT2D eigenvalue weighted by Gasteiger charge is -2.37. The fraction of sp³-hybridized carbons (Fsp3) is 0.714. The summed E-state index contributed by atoms with van der Waals surface area (Å²) in [7, 11) is 0. The van der Waals surface area contributed by atoms with Crippen LogP contribution in [-0.2, 0) is 16.1 Å². The van der Waals surface area contributed by atoms with Crippen LogP contribution in [0.5, 0.6) is 0 Å². The molecule has 1 aliphatic heterocycles. The van der Waals surface area contributed by atoms with Gasteiger partial charge < -0.3 is 10.2 Å². The molecule has 0 aromatic carbocycles. The summed E-state index contributed by atoms with van der Waals surface area (Å²) in [5.74, 6) is 0.368. The first kappa shape index (κ1) is 20.3. The predicted octanol–water partition coefficient (Wildman–Crippen LogP) is 3.11. The van der Waals surface area contributed by atoms with E-state index in [4.69, 9.17) is 0 Å².